The van der Waals surface area contributed by atoms with E-state index >= 15 is 0 Å². The van der Waals surface area contributed by atoms with Crippen molar-refractivity contribution in [1.82, 2.24) is 9.55 Å². The van der Waals surface area contributed by atoms with Crippen molar-refractivity contribution in [2.24, 2.45) is 0 Å². The smallest absolute Gasteiger partial charge is 0.267 e. The maximum Gasteiger partial charge on any atom is 0.267 e. The quantitative estimate of drug-likeness (QED) is 0.543. The van der Waals surface area contributed by atoms with E-state index in [0.29, 0.717) is 3.57 Å². The Morgan fingerprint density at radius 1 is 1.82 bits per heavy atom. The second-order valence-electron chi connectivity index (χ2n) is 1.88. The molecule has 0 amide bonds. The number of terminal acetylenes is 1. The fraction of sp³-hybridized carbons (Fsp3) is 0.143. The topological polar surface area (TPSA) is 34.9 Å². The molecule has 0 aliphatic carbocycles. The molecule has 4 heteroatoms. The molecule has 1 aromatic heterocycles. The highest BCUT2D eigenvalue weighted by Gasteiger charge is 1.97. The molecule has 0 saturated carbocycles. The van der Waals surface area contributed by atoms with E-state index in [1.807, 2.05) is 22.6 Å². The van der Waals surface area contributed by atoms with Gasteiger partial charge in [-0.2, -0.15) is 0 Å². The van der Waals surface area contributed by atoms with Crippen LogP contribution in [0.25, 0.3) is 0 Å². The predicted octanol–water partition coefficient (Wildman–Crippen LogP) is 0.481. The van der Waals surface area contributed by atoms with Crippen molar-refractivity contribution in [2.45, 2.75) is 6.54 Å². The molecular weight excluding hydrogens is 255 g/mol. The first-order valence-electron chi connectivity index (χ1n) is 2.89. The summed E-state index contributed by atoms with van der Waals surface area (Å²) >= 11 is 1.93. The first-order chi connectivity index (χ1) is 5.25. The van der Waals surface area contributed by atoms with E-state index in [4.69, 9.17) is 6.42 Å². The van der Waals surface area contributed by atoms with Crippen molar-refractivity contribution in [3.8, 4) is 12.3 Å². The zero-order chi connectivity index (χ0) is 8.27. The molecule has 0 saturated heterocycles. The van der Waals surface area contributed by atoms with Crippen molar-refractivity contribution in [3.05, 3.63) is 26.4 Å². The third-order valence-electron chi connectivity index (χ3n) is 1.12. The Balaban J connectivity index is 3.20. The van der Waals surface area contributed by atoms with Crippen LogP contribution in [0.4, 0.5) is 0 Å². The van der Waals surface area contributed by atoms with Crippen LogP contribution < -0.4 is 5.56 Å². The number of aromatic nitrogens is 2. The maximum atomic E-state index is 11.2. The van der Waals surface area contributed by atoms with Crippen molar-refractivity contribution in [2.75, 3.05) is 0 Å². The first-order valence-corrected chi connectivity index (χ1v) is 3.97. The second kappa shape index (κ2) is 3.53. The summed E-state index contributed by atoms with van der Waals surface area (Å²) in [7, 11) is 0. The minimum absolute atomic E-state index is 0.0847. The summed E-state index contributed by atoms with van der Waals surface area (Å²) in [6.07, 6.45) is 7.98. The molecule has 0 bridgehead atoms. The average Bonchev–Trinajstić information content (AvgIpc) is 1.99. The largest absolute Gasteiger partial charge is 0.287 e. The van der Waals surface area contributed by atoms with Crippen molar-refractivity contribution >= 4 is 22.6 Å². The highest BCUT2D eigenvalue weighted by atomic mass is 127. The Morgan fingerprint density at radius 3 is 3.18 bits per heavy atom. The van der Waals surface area contributed by atoms with Crippen LogP contribution in [0, 0.1) is 15.9 Å². The van der Waals surface area contributed by atoms with Gasteiger partial charge in [0.1, 0.15) is 0 Å². The zero-order valence-electron chi connectivity index (χ0n) is 5.62. The van der Waals surface area contributed by atoms with Gasteiger partial charge >= 0.3 is 0 Å². The van der Waals surface area contributed by atoms with E-state index < -0.39 is 0 Å². The molecular formula is C7H5IN2O. The summed E-state index contributed by atoms with van der Waals surface area (Å²) in [5.41, 5.74) is -0.0847. The van der Waals surface area contributed by atoms with Gasteiger partial charge in [0, 0.05) is 6.20 Å². The molecule has 0 spiro atoms. The van der Waals surface area contributed by atoms with E-state index in [2.05, 4.69) is 10.9 Å². The van der Waals surface area contributed by atoms with E-state index in [1.165, 1.54) is 17.1 Å². The lowest BCUT2D eigenvalue weighted by atomic mass is 10.6. The number of halogens is 1. The molecule has 0 aromatic carbocycles. The van der Waals surface area contributed by atoms with Crippen LogP contribution in [0.5, 0.6) is 0 Å². The molecule has 0 aliphatic heterocycles. The lowest BCUT2D eigenvalue weighted by molar-refractivity contribution is 0.762. The Hall–Kier alpha value is -0.830. The molecule has 0 fully saturated rings. The molecule has 0 N–H and O–H groups in total. The van der Waals surface area contributed by atoms with Gasteiger partial charge < -0.3 is 0 Å². The molecule has 3 nitrogen and oxygen atoms in total. The molecule has 0 radical (unpaired) electrons. The average molecular weight is 260 g/mol. The molecule has 56 valence electrons. The molecule has 0 atom stereocenters. The van der Waals surface area contributed by atoms with Crippen LogP contribution in [0.2, 0.25) is 0 Å². The highest BCUT2D eigenvalue weighted by molar-refractivity contribution is 14.1. The van der Waals surface area contributed by atoms with Gasteiger partial charge in [-0.3, -0.25) is 9.36 Å². The van der Waals surface area contributed by atoms with Crippen LogP contribution >= 0.6 is 22.6 Å². The van der Waals surface area contributed by atoms with E-state index in [9.17, 15) is 4.79 Å². The van der Waals surface area contributed by atoms with Crippen molar-refractivity contribution in [3.63, 3.8) is 0 Å². The normalized spacial score (nSPS) is 9.09. The van der Waals surface area contributed by atoms with Crippen molar-refractivity contribution in [1.29, 1.82) is 0 Å². The van der Waals surface area contributed by atoms with Crippen LogP contribution in [0.1, 0.15) is 0 Å². The third-order valence-corrected chi connectivity index (χ3v) is 1.86. The number of rotatable bonds is 1. The molecule has 0 unspecified atom stereocenters. The lowest BCUT2D eigenvalue weighted by Crippen LogP contribution is -2.21. The Kier molecular flexibility index (Phi) is 2.65. The predicted molar refractivity (Wildman–Crippen MR) is 50.0 cm³/mol. The monoisotopic (exact) mass is 260 g/mol. The molecule has 11 heavy (non-hydrogen) atoms. The molecule has 0 aliphatic rings. The first kappa shape index (κ1) is 8.27. The van der Waals surface area contributed by atoms with Gasteiger partial charge in [-0.05, 0) is 22.6 Å². The van der Waals surface area contributed by atoms with Crippen molar-refractivity contribution < 1.29 is 0 Å². The summed E-state index contributed by atoms with van der Waals surface area (Å²) in [6, 6.07) is 0. The summed E-state index contributed by atoms with van der Waals surface area (Å²) in [5.74, 6) is 2.37. The highest BCUT2D eigenvalue weighted by Crippen LogP contribution is 1.92. The van der Waals surface area contributed by atoms with Gasteiger partial charge in [-0.25, -0.2) is 4.98 Å². The Morgan fingerprint density at radius 2 is 2.55 bits per heavy atom. The SMILES string of the molecule is C#CCn1cncc(I)c1=O. The number of nitrogens with zero attached hydrogens (tertiary/aromatic N) is 2. The minimum Gasteiger partial charge on any atom is -0.287 e. The van der Waals surface area contributed by atoms with Crippen LogP contribution in [-0.4, -0.2) is 9.55 Å². The van der Waals surface area contributed by atoms with Crippen LogP contribution in [0.3, 0.4) is 0 Å². The van der Waals surface area contributed by atoms with E-state index in [0.717, 1.165) is 0 Å². The van der Waals surface area contributed by atoms with Crippen LogP contribution in [0.15, 0.2) is 17.3 Å². The van der Waals surface area contributed by atoms with Gasteiger partial charge in [0.05, 0.1) is 16.4 Å². The van der Waals surface area contributed by atoms with E-state index in [1.54, 1.807) is 0 Å². The fourth-order valence-electron chi connectivity index (χ4n) is 0.635. The molecule has 1 heterocycles. The Labute approximate surface area is 77.6 Å². The Bertz CT molecular complexity index is 350. The summed E-state index contributed by atoms with van der Waals surface area (Å²) in [6.45, 7) is 0.280. The van der Waals surface area contributed by atoms with Gasteiger partial charge in [0.15, 0.2) is 0 Å². The maximum absolute atomic E-state index is 11.2. The fourth-order valence-corrected chi connectivity index (χ4v) is 1.11. The van der Waals surface area contributed by atoms with Gasteiger partial charge in [0.25, 0.3) is 5.56 Å². The summed E-state index contributed by atoms with van der Waals surface area (Å²) in [4.78, 5) is 15.0. The zero-order valence-corrected chi connectivity index (χ0v) is 7.78. The van der Waals surface area contributed by atoms with Gasteiger partial charge in [0.2, 0.25) is 0 Å². The number of hydrogen-bond acceptors (Lipinski definition) is 2. The lowest BCUT2D eigenvalue weighted by Gasteiger charge is -1.97. The number of hydrogen-bond donors (Lipinski definition) is 0. The van der Waals surface area contributed by atoms with Gasteiger partial charge in [-0.1, -0.05) is 5.92 Å². The molecule has 1 rings (SSSR count). The van der Waals surface area contributed by atoms with Crippen LogP contribution in [-0.2, 0) is 6.54 Å². The van der Waals surface area contributed by atoms with Gasteiger partial charge in [-0.15, -0.1) is 6.42 Å². The standard InChI is InChI=1S/C7H5IN2O/c1-2-3-10-5-9-4-6(8)7(10)11/h1,4-5H,3H2. The van der Waals surface area contributed by atoms with E-state index in [-0.39, 0.29) is 12.1 Å². The molecule has 1 aromatic rings. The summed E-state index contributed by atoms with van der Waals surface area (Å²) in [5, 5.41) is 0. The third kappa shape index (κ3) is 1.80. The second-order valence-corrected chi connectivity index (χ2v) is 3.04. The summed E-state index contributed by atoms with van der Waals surface area (Å²) < 4.78 is 1.97. The minimum atomic E-state index is -0.0847.